The van der Waals surface area contributed by atoms with E-state index < -0.39 is 6.04 Å². The van der Waals surface area contributed by atoms with Gasteiger partial charge in [-0.1, -0.05) is 6.08 Å². The van der Waals surface area contributed by atoms with Crippen LogP contribution in [-0.4, -0.2) is 41.1 Å². The van der Waals surface area contributed by atoms with E-state index in [0.717, 1.165) is 12.8 Å². The number of carbonyl (C=O) groups is 1. The summed E-state index contributed by atoms with van der Waals surface area (Å²) in [6.07, 6.45) is 3.38. The number of nitrogens with two attached hydrogens (primary N) is 1. The van der Waals surface area contributed by atoms with Crippen LogP contribution in [0.3, 0.4) is 0 Å². The van der Waals surface area contributed by atoms with Gasteiger partial charge in [-0.3, -0.25) is 4.79 Å². The van der Waals surface area contributed by atoms with Crippen LogP contribution in [0.25, 0.3) is 0 Å². The van der Waals surface area contributed by atoms with E-state index in [-0.39, 0.29) is 12.0 Å². The SMILES string of the molecule is C=CCC(N)C(=O)N1CCCC(O)C1. The maximum atomic E-state index is 11.7. The summed E-state index contributed by atoms with van der Waals surface area (Å²) < 4.78 is 0. The van der Waals surface area contributed by atoms with Crippen molar-refractivity contribution in [2.24, 2.45) is 5.73 Å². The predicted octanol–water partition coefficient (Wildman–Crippen LogP) is -0.127. The number of likely N-dealkylation sites (tertiary alicyclic amines) is 1. The van der Waals surface area contributed by atoms with Gasteiger partial charge in [0.15, 0.2) is 0 Å². The van der Waals surface area contributed by atoms with Gasteiger partial charge in [-0.05, 0) is 19.3 Å². The highest BCUT2D eigenvalue weighted by Crippen LogP contribution is 2.11. The summed E-state index contributed by atoms with van der Waals surface area (Å²) >= 11 is 0. The third kappa shape index (κ3) is 2.82. The lowest BCUT2D eigenvalue weighted by Gasteiger charge is -2.31. The Labute approximate surface area is 84.4 Å². The fraction of sp³-hybridized carbons (Fsp3) is 0.700. The number of β-amino-alcohol motifs (C(OH)–C–C–N with tert-alkyl or cyclic N) is 1. The van der Waals surface area contributed by atoms with Crippen molar-refractivity contribution in [3.63, 3.8) is 0 Å². The molecule has 1 saturated heterocycles. The second-order valence-electron chi connectivity index (χ2n) is 3.71. The molecule has 1 rings (SSSR count). The van der Waals surface area contributed by atoms with Crippen LogP contribution in [0.15, 0.2) is 12.7 Å². The van der Waals surface area contributed by atoms with E-state index in [1.807, 2.05) is 0 Å². The minimum atomic E-state index is -0.502. The summed E-state index contributed by atoms with van der Waals surface area (Å²) in [6.45, 7) is 4.67. The monoisotopic (exact) mass is 198 g/mol. The molecule has 0 bridgehead atoms. The number of hydrogen-bond donors (Lipinski definition) is 2. The highest BCUT2D eigenvalue weighted by Gasteiger charge is 2.25. The van der Waals surface area contributed by atoms with Crippen molar-refractivity contribution in [3.05, 3.63) is 12.7 Å². The first-order valence-corrected chi connectivity index (χ1v) is 4.98. The van der Waals surface area contributed by atoms with Gasteiger partial charge in [-0.2, -0.15) is 0 Å². The number of hydrogen-bond acceptors (Lipinski definition) is 3. The van der Waals surface area contributed by atoms with E-state index in [9.17, 15) is 9.90 Å². The second-order valence-corrected chi connectivity index (χ2v) is 3.71. The number of nitrogens with zero attached hydrogens (tertiary/aromatic N) is 1. The Kier molecular flexibility index (Phi) is 4.10. The molecule has 1 amide bonds. The number of aliphatic hydroxyl groups excluding tert-OH is 1. The maximum absolute atomic E-state index is 11.7. The van der Waals surface area contributed by atoms with E-state index in [4.69, 9.17) is 5.73 Å². The van der Waals surface area contributed by atoms with Crippen LogP contribution in [0.2, 0.25) is 0 Å². The molecule has 80 valence electrons. The first kappa shape index (κ1) is 11.2. The summed E-state index contributed by atoms with van der Waals surface area (Å²) in [7, 11) is 0. The number of rotatable bonds is 3. The molecule has 2 unspecified atom stereocenters. The molecule has 0 aromatic rings. The predicted molar refractivity (Wildman–Crippen MR) is 54.6 cm³/mol. The average Bonchev–Trinajstić information content (AvgIpc) is 2.17. The molecular weight excluding hydrogens is 180 g/mol. The molecule has 0 aromatic heterocycles. The molecule has 4 heteroatoms. The zero-order chi connectivity index (χ0) is 10.6. The zero-order valence-corrected chi connectivity index (χ0v) is 8.35. The molecule has 3 N–H and O–H groups in total. The van der Waals surface area contributed by atoms with Gasteiger partial charge < -0.3 is 15.7 Å². The van der Waals surface area contributed by atoms with Gasteiger partial charge in [0.1, 0.15) is 0 Å². The topological polar surface area (TPSA) is 66.6 Å². The van der Waals surface area contributed by atoms with Crippen molar-refractivity contribution < 1.29 is 9.90 Å². The summed E-state index contributed by atoms with van der Waals surface area (Å²) in [5, 5.41) is 9.39. The summed E-state index contributed by atoms with van der Waals surface area (Å²) in [4.78, 5) is 13.3. The molecule has 4 nitrogen and oxygen atoms in total. The van der Waals surface area contributed by atoms with Crippen LogP contribution in [0.4, 0.5) is 0 Å². The van der Waals surface area contributed by atoms with Gasteiger partial charge in [0.2, 0.25) is 5.91 Å². The van der Waals surface area contributed by atoms with Gasteiger partial charge in [-0.25, -0.2) is 0 Å². The zero-order valence-electron chi connectivity index (χ0n) is 8.35. The Bertz CT molecular complexity index is 218. The summed E-state index contributed by atoms with van der Waals surface area (Å²) in [6, 6.07) is -0.502. The standard InChI is InChI=1S/C10H18N2O2/c1-2-4-9(11)10(14)12-6-3-5-8(13)7-12/h2,8-9,13H,1,3-7,11H2. The van der Waals surface area contributed by atoms with Gasteiger partial charge in [0, 0.05) is 13.1 Å². The van der Waals surface area contributed by atoms with E-state index >= 15 is 0 Å². The van der Waals surface area contributed by atoms with Gasteiger partial charge in [-0.15, -0.1) is 6.58 Å². The number of aliphatic hydroxyl groups is 1. The smallest absolute Gasteiger partial charge is 0.239 e. The largest absolute Gasteiger partial charge is 0.391 e. The second kappa shape index (κ2) is 5.12. The van der Waals surface area contributed by atoms with Crippen molar-refractivity contribution in [2.75, 3.05) is 13.1 Å². The lowest BCUT2D eigenvalue weighted by Crippen LogP contribution is -2.49. The lowest BCUT2D eigenvalue weighted by atomic mass is 10.1. The average molecular weight is 198 g/mol. The lowest BCUT2D eigenvalue weighted by molar-refractivity contribution is -0.135. The molecule has 1 fully saturated rings. The fourth-order valence-electron chi connectivity index (χ4n) is 1.67. The molecule has 0 aromatic carbocycles. The Morgan fingerprint density at radius 3 is 3.07 bits per heavy atom. The molecule has 1 aliphatic rings. The van der Waals surface area contributed by atoms with Crippen LogP contribution in [0.5, 0.6) is 0 Å². The fourth-order valence-corrected chi connectivity index (χ4v) is 1.67. The van der Waals surface area contributed by atoms with E-state index in [1.165, 1.54) is 0 Å². The summed E-state index contributed by atoms with van der Waals surface area (Å²) in [5.74, 6) is -0.0800. The Morgan fingerprint density at radius 2 is 2.50 bits per heavy atom. The summed E-state index contributed by atoms with van der Waals surface area (Å²) in [5.41, 5.74) is 5.66. The molecule has 0 spiro atoms. The minimum Gasteiger partial charge on any atom is -0.391 e. The van der Waals surface area contributed by atoms with Crippen molar-refractivity contribution in [2.45, 2.75) is 31.4 Å². The first-order chi connectivity index (χ1) is 6.65. The van der Waals surface area contributed by atoms with Crippen LogP contribution in [-0.2, 0) is 4.79 Å². The van der Waals surface area contributed by atoms with Gasteiger partial charge in [0.25, 0.3) is 0 Å². The molecule has 1 aliphatic heterocycles. The Balaban J connectivity index is 2.46. The molecule has 14 heavy (non-hydrogen) atoms. The van der Waals surface area contributed by atoms with Crippen LogP contribution >= 0.6 is 0 Å². The Morgan fingerprint density at radius 1 is 1.79 bits per heavy atom. The third-order valence-corrected chi connectivity index (χ3v) is 2.45. The number of carbonyl (C=O) groups excluding carboxylic acids is 1. The van der Waals surface area contributed by atoms with E-state index in [2.05, 4.69) is 6.58 Å². The van der Waals surface area contributed by atoms with Crippen LogP contribution in [0, 0.1) is 0 Å². The van der Waals surface area contributed by atoms with Crippen LogP contribution in [0.1, 0.15) is 19.3 Å². The third-order valence-electron chi connectivity index (χ3n) is 2.45. The van der Waals surface area contributed by atoms with Crippen molar-refractivity contribution in [1.82, 2.24) is 4.90 Å². The van der Waals surface area contributed by atoms with E-state index in [0.29, 0.717) is 19.5 Å². The minimum absolute atomic E-state index is 0.0800. The number of amides is 1. The van der Waals surface area contributed by atoms with Crippen molar-refractivity contribution in [1.29, 1.82) is 0 Å². The van der Waals surface area contributed by atoms with Crippen molar-refractivity contribution in [3.8, 4) is 0 Å². The maximum Gasteiger partial charge on any atom is 0.239 e. The molecular formula is C10H18N2O2. The van der Waals surface area contributed by atoms with E-state index in [1.54, 1.807) is 11.0 Å². The first-order valence-electron chi connectivity index (χ1n) is 4.98. The quantitative estimate of drug-likeness (QED) is 0.621. The highest BCUT2D eigenvalue weighted by molar-refractivity contribution is 5.81. The normalized spacial score (nSPS) is 24.4. The Hall–Kier alpha value is -0.870. The number of piperidine rings is 1. The van der Waals surface area contributed by atoms with Gasteiger partial charge in [0.05, 0.1) is 12.1 Å². The molecule has 0 radical (unpaired) electrons. The molecule has 1 heterocycles. The van der Waals surface area contributed by atoms with Crippen LogP contribution < -0.4 is 5.73 Å². The van der Waals surface area contributed by atoms with Gasteiger partial charge >= 0.3 is 0 Å². The highest BCUT2D eigenvalue weighted by atomic mass is 16.3. The molecule has 2 atom stereocenters. The molecule has 0 saturated carbocycles. The van der Waals surface area contributed by atoms with Crippen molar-refractivity contribution >= 4 is 5.91 Å². The molecule has 0 aliphatic carbocycles.